The molecular weight excluding hydrogens is 170 g/mol. The second kappa shape index (κ2) is 3.56. The highest BCUT2D eigenvalue weighted by Gasteiger charge is 2.47. The Morgan fingerprint density at radius 2 is 2.08 bits per heavy atom. The Kier molecular flexibility index (Phi) is 3.07. The molecule has 1 fully saturated rings. The third kappa shape index (κ3) is 1.50. The second-order valence-electron chi connectivity index (χ2n) is 3.70. The molecule has 1 saturated heterocycles. The number of thioether (sulfide) groups is 1. The minimum atomic E-state index is -0.610. The number of hydrogen-bond donors (Lipinski definition) is 2. The molecule has 12 heavy (non-hydrogen) atoms. The summed E-state index contributed by atoms with van der Waals surface area (Å²) in [6.07, 6.45) is 2.58. The molecule has 0 spiro atoms. The van der Waals surface area contributed by atoms with Crippen molar-refractivity contribution in [3.63, 3.8) is 0 Å². The van der Waals surface area contributed by atoms with Gasteiger partial charge in [0, 0.05) is 11.3 Å². The van der Waals surface area contributed by atoms with E-state index in [1.54, 1.807) is 0 Å². The molecule has 0 aromatic rings. The van der Waals surface area contributed by atoms with Crippen LogP contribution in [0.4, 0.5) is 0 Å². The van der Waals surface area contributed by atoms with E-state index in [0.717, 1.165) is 30.8 Å². The maximum absolute atomic E-state index is 10.3. The van der Waals surface area contributed by atoms with Crippen molar-refractivity contribution in [2.24, 2.45) is 5.73 Å². The first kappa shape index (κ1) is 10.4. The summed E-state index contributed by atoms with van der Waals surface area (Å²) in [5, 5.41) is 10.3. The van der Waals surface area contributed by atoms with Crippen LogP contribution >= 0.6 is 11.8 Å². The lowest BCUT2D eigenvalue weighted by Crippen LogP contribution is -2.60. The molecule has 0 saturated carbocycles. The van der Waals surface area contributed by atoms with Crippen LogP contribution in [-0.2, 0) is 0 Å². The zero-order chi connectivity index (χ0) is 9.24. The minimum absolute atomic E-state index is 0.365. The van der Waals surface area contributed by atoms with Gasteiger partial charge in [-0.15, -0.1) is 0 Å². The van der Waals surface area contributed by atoms with Gasteiger partial charge in [0.15, 0.2) is 0 Å². The highest BCUT2D eigenvalue weighted by Crippen LogP contribution is 2.38. The first-order valence-electron chi connectivity index (χ1n) is 4.67. The third-order valence-corrected chi connectivity index (χ3v) is 4.36. The summed E-state index contributed by atoms with van der Waals surface area (Å²) < 4.78 is 0. The van der Waals surface area contributed by atoms with Gasteiger partial charge in [0.25, 0.3) is 0 Å². The van der Waals surface area contributed by atoms with Gasteiger partial charge in [-0.1, -0.05) is 13.8 Å². The SMILES string of the molecule is CCC(N)(CC)C1(O)CCSC1. The lowest BCUT2D eigenvalue weighted by molar-refractivity contribution is -0.0165. The molecule has 0 aromatic heterocycles. The van der Waals surface area contributed by atoms with E-state index in [2.05, 4.69) is 13.8 Å². The van der Waals surface area contributed by atoms with Crippen molar-refractivity contribution < 1.29 is 5.11 Å². The van der Waals surface area contributed by atoms with Crippen LogP contribution in [0.3, 0.4) is 0 Å². The van der Waals surface area contributed by atoms with E-state index in [1.807, 2.05) is 11.8 Å². The zero-order valence-electron chi connectivity index (χ0n) is 7.97. The number of nitrogens with two attached hydrogens (primary N) is 1. The normalized spacial score (nSPS) is 31.0. The van der Waals surface area contributed by atoms with E-state index >= 15 is 0 Å². The van der Waals surface area contributed by atoms with Gasteiger partial charge < -0.3 is 10.8 Å². The van der Waals surface area contributed by atoms with E-state index in [9.17, 15) is 5.11 Å². The van der Waals surface area contributed by atoms with Crippen molar-refractivity contribution in [2.75, 3.05) is 11.5 Å². The molecule has 72 valence electrons. The van der Waals surface area contributed by atoms with Crippen LogP contribution in [0, 0.1) is 0 Å². The molecule has 1 atom stereocenters. The Bertz CT molecular complexity index is 149. The molecule has 2 nitrogen and oxygen atoms in total. The smallest absolute Gasteiger partial charge is 0.0923 e. The summed E-state index contributed by atoms with van der Waals surface area (Å²) in [6, 6.07) is 0. The summed E-state index contributed by atoms with van der Waals surface area (Å²) in [5.74, 6) is 1.86. The topological polar surface area (TPSA) is 46.2 Å². The molecule has 1 rings (SSSR count). The summed E-state index contributed by atoms with van der Waals surface area (Å²) in [6.45, 7) is 4.12. The summed E-state index contributed by atoms with van der Waals surface area (Å²) in [4.78, 5) is 0. The molecule has 1 unspecified atom stereocenters. The van der Waals surface area contributed by atoms with Gasteiger partial charge in [0.1, 0.15) is 0 Å². The van der Waals surface area contributed by atoms with Crippen LogP contribution in [0.5, 0.6) is 0 Å². The molecular formula is C9H19NOS. The van der Waals surface area contributed by atoms with Gasteiger partial charge in [-0.3, -0.25) is 0 Å². The van der Waals surface area contributed by atoms with Gasteiger partial charge in [-0.25, -0.2) is 0 Å². The summed E-state index contributed by atoms with van der Waals surface area (Å²) >= 11 is 1.81. The summed E-state index contributed by atoms with van der Waals surface area (Å²) in [7, 11) is 0. The van der Waals surface area contributed by atoms with Gasteiger partial charge >= 0.3 is 0 Å². The monoisotopic (exact) mass is 189 g/mol. The van der Waals surface area contributed by atoms with Crippen LogP contribution in [0.25, 0.3) is 0 Å². The van der Waals surface area contributed by atoms with Crippen molar-refractivity contribution in [1.82, 2.24) is 0 Å². The van der Waals surface area contributed by atoms with Crippen LogP contribution in [0.2, 0.25) is 0 Å². The highest BCUT2D eigenvalue weighted by molar-refractivity contribution is 7.99. The molecule has 0 aromatic carbocycles. The van der Waals surface area contributed by atoms with Gasteiger partial charge in [-0.2, -0.15) is 11.8 Å². The van der Waals surface area contributed by atoms with Crippen LogP contribution < -0.4 is 5.73 Å². The zero-order valence-corrected chi connectivity index (χ0v) is 8.78. The fourth-order valence-electron chi connectivity index (χ4n) is 1.85. The quantitative estimate of drug-likeness (QED) is 0.705. The molecule has 3 heteroatoms. The predicted molar refractivity (Wildman–Crippen MR) is 54.4 cm³/mol. The lowest BCUT2D eigenvalue weighted by Gasteiger charge is -2.41. The van der Waals surface area contributed by atoms with Crippen LogP contribution in [0.15, 0.2) is 0 Å². The summed E-state index contributed by atoms with van der Waals surface area (Å²) in [5.41, 5.74) is 5.20. The second-order valence-corrected chi connectivity index (χ2v) is 4.80. The van der Waals surface area contributed by atoms with Crippen molar-refractivity contribution in [3.8, 4) is 0 Å². The Hall–Kier alpha value is 0.270. The Morgan fingerprint density at radius 3 is 2.42 bits per heavy atom. The fourth-order valence-corrected chi connectivity index (χ4v) is 3.25. The third-order valence-electron chi connectivity index (χ3n) is 3.19. The van der Waals surface area contributed by atoms with Gasteiger partial charge in [0.2, 0.25) is 0 Å². The first-order valence-corrected chi connectivity index (χ1v) is 5.82. The van der Waals surface area contributed by atoms with Crippen molar-refractivity contribution >= 4 is 11.8 Å². The van der Waals surface area contributed by atoms with Crippen molar-refractivity contribution in [2.45, 2.75) is 44.2 Å². The number of rotatable bonds is 3. The molecule has 1 aliphatic rings. The minimum Gasteiger partial charge on any atom is -0.387 e. The van der Waals surface area contributed by atoms with Crippen LogP contribution in [0.1, 0.15) is 33.1 Å². The highest BCUT2D eigenvalue weighted by atomic mass is 32.2. The molecule has 0 aliphatic carbocycles. The van der Waals surface area contributed by atoms with E-state index in [0.29, 0.717) is 0 Å². The maximum Gasteiger partial charge on any atom is 0.0923 e. The standard InChI is InChI=1S/C9H19NOS/c1-3-8(10,4-2)9(11)5-6-12-7-9/h11H,3-7,10H2,1-2H3. The fraction of sp³-hybridized carbons (Fsp3) is 1.00. The average molecular weight is 189 g/mol. The molecule has 1 aliphatic heterocycles. The molecule has 0 radical (unpaired) electrons. The van der Waals surface area contributed by atoms with Gasteiger partial charge in [0.05, 0.1) is 5.60 Å². The van der Waals surface area contributed by atoms with Crippen molar-refractivity contribution in [3.05, 3.63) is 0 Å². The predicted octanol–water partition coefficient (Wildman–Crippen LogP) is 1.37. The largest absolute Gasteiger partial charge is 0.387 e. The Labute approximate surface area is 78.9 Å². The molecule has 0 amide bonds. The van der Waals surface area contributed by atoms with E-state index < -0.39 is 5.60 Å². The Morgan fingerprint density at radius 1 is 1.50 bits per heavy atom. The van der Waals surface area contributed by atoms with E-state index in [1.165, 1.54) is 0 Å². The van der Waals surface area contributed by atoms with E-state index in [-0.39, 0.29) is 5.54 Å². The average Bonchev–Trinajstić information content (AvgIpc) is 2.52. The molecule has 0 bridgehead atoms. The lowest BCUT2D eigenvalue weighted by atomic mass is 9.76. The molecule has 1 heterocycles. The number of aliphatic hydroxyl groups is 1. The van der Waals surface area contributed by atoms with Crippen LogP contribution in [-0.4, -0.2) is 27.8 Å². The maximum atomic E-state index is 10.3. The number of hydrogen-bond acceptors (Lipinski definition) is 3. The molecule has 3 N–H and O–H groups in total. The van der Waals surface area contributed by atoms with E-state index in [4.69, 9.17) is 5.73 Å². The van der Waals surface area contributed by atoms with Crippen molar-refractivity contribution in [1.29, 1.82) is 0 Å². The van der Waals surface area contributed by atoms with Gasteiger partial charge in [-0.05, 0) is 25.0 Å². The first-order chi connectivity index (χ1) is 5.58. The Balaban J connectivity index is 2.75.